The highest BCUT2D eigenvalue weighted by molar-refractivity contribution is 6.53. The zero-order valence-corrected chi connectivity index (χ0v) is 13.2. The van der Waals surface area contributed by atoms with Gasteiger partial charge in [0.15, 0.2) is 0 Å². The minimum Gasteiger partial charge on any atom is -0.377 e. The van der Waals surface area contributed by atoms with Crippen LogP contribution in [0.25, 0.3) is 0 Å². The van der Waals surface area contributed by atoms with Gasteiger partial charge in [-0.3, -0.25) is 4.79 Å². The molecule has 0 heterocycles. The molecule has 1 aromatic carbocycles. The quantitative estimate of drug-likeness (QED) is 0.817. The van der Waals surface area contributed by atoms with Gasteiger partial charge in [0.05, 0.1) is 12.0 Å². The lowest BCUT2D eigenvalue weighted by atomic mass is 10.1. The maximum Gasteiger partial charge on any atom is 0.229 e. The van der Waals surface area contributed by atoms with Crippen molar-refractivity contribution in [2.24, 2.45) is 5.41 Å². The van der Waals surface area contributed by atoms with Crippen molar-refractivity contribution >= 4 is 29.1 Å². The van der Waals surface area contributed by atoms with Gasteiger partial charge in [-0.1, -0.05) is 24.3 Å². The highest BCUT2D eigenvalue weighted by Crippen LogP contribution is 2.63. The molecule has 1 fully saturated rings. The van der Waals surface area contributed by atoms with E-state index in [1.807, 2.05) is 31.2 Å². The van der Waals surface area contributed by atoms with Gasteiger partial charge in [0.2, 0.25) is 5.91 Å². The fourth-order valence-corrected chi connectivity index (χ4v) is 2.70. The van der Waals surface area contributed by atoms with Crippen LogP contribution in [0.3, 0.4) is 0 Å². The second-order valence-corrected chi connectivity index (χ2v) is 6.83. The van der Waals surface area contributed by atoms with Crippen LogP contribution in [0.2, 0.25) is 0 Å². The van der Waals surface area contributed by atoms with Crippen LogP contribution in [0.15, 0.2) is 24.3 Å². The fourth-order valence-electron chi connectivity index (χ4n) is 2.00. The van der Waals surface area contributed by atoms with Crippen molar-refractivity contribution in [2.45, 2.75) is 37.8 Å². The predicted molar refractivity (Wildman–Crippen MR) is 80.8 cm³/mol. The van der Waals surface area contributed by atoms with E-state index in [-0.39, 0.29) is 5.91 Å². The SMILES string of the molecule is CCOCc1ccc(CNC(=O)C2(C)CC2(Cl)Cl)cc1. The second-order valence-electron chi connectivity index (χ2n) is 5.35. The van der Waals surface area contributed by atoms with Crippen molar-refractivity contribution in [3.8, 4) is 0 Å². The lowest BCUT2D eigenvalue weighted by Gasteiger charge is -2.12. The third-order valence-corrected chi connectivity index (χ3v) is 4.81. The molecule has 0 aromatic heterocycles. The maximum atomic E-state index is 12.0. The largest absolute Gasteiger partial charge is 0.377 e. The summed E-state index contributed by atoms with van der Waals surface area (Å²) in [5.41, 5.74) is 1.50. The number of rotatable bonds is 6. The van der Waals surface area contributed by atoms with E-state index in [1.165, 1.54) is 0 Å². The van der Waals surface area contributed by atoms with Gasteiger partial charge in [0, 0.05) is 13.2 Å². The minimum absolute atomic E-state index is 0.0964. The average Bonchev–Trinajstić information content (AvgIpc) is 2.95. The van der Waals surface area contributed by atoms with Gasteiger partial charge in [-0.15, -0.1) is 23.2 Å². The molecule has 0 spiro atoms. The minimum atomic E-state index is -0.918. The number of benzene rings is 1. The number of hydrogen-bond donors (Lipinski definition) is 1. The van der Waals surface area contributed by atoms with E-state index < -0.39 is 9.75 Å². The van der Waals surface area contributed by atoms with E-state index in [2.05, 4.69) is 5.32 Å². The molecule has 110 valence electrons. The molecule has 0 saturated heterocycles. The van der Waals surface area contributed by atoms with Crippen LogP contribution in [0, 0.1) is 5.41 Å². The van der Waals surface area contributed by atoms with Crippen molar-refractivity contribution in [1.29, 1.82) is 0 Å². The van der Waals surface area contributed by atoms with Gasteiger partial charge in [0.1, 0.15) is 4.33 Å². The first-order valence-corrected chi connectivity index (χ1v) is 7.46. The first kappa shape index (κ1) is 15.6. The fraction of sp³-hybridized carbons (Fsp3) is 0.533. The highest BCUT2D eigenvalue weighted by Gasteiger charge is 2.67. The smallest absolute Gasteiger partial charge is 0.229 e. The molecule has 5 heteroatoms. The zero-order valence-electron chi connectivity index (χ0n) is 11.7. The lowest BCUT2D eigenvalue weighted by molar-refractivity contribution is -0.125. The summed E-state index contributed by atoms with van der Waals surface area (Å²) in [4.78, 5) is 12.0. The first-order valence-electron chi connectivity index (χ1n) is 6.71. The lowest BCUT2D eigenvalue weighted by Crippen LogP contribution is -2.32. The summed E-state index contributed by atoms with van der Waals surface area (Å²) < 4.78 is 4.42. The first-order chi connectivity index (χ1) is 9.39. The molecule has 1 amide bonds. The Morgan fingerprint density at radius 3 is 2.35 bits per heavy atom. The number of ether oxygens (including phenoxy) is 1. The number of halogens is 2. The van der Waals surface area contributed by atoms with Gasteiger partial charge in [-0.25, -0.2) is 0 Å². The summed E-state index contributed by atoms with van der Waals surface area (Å²) >= 11 is 12.0. The van der Waals surface area contributed by atoms with Crippen molar-refractivity contribution < 1.29 is 9.53 Å². The molecule has 1 N–H and O–H groups in total. The van der Waals surface area contributed by atoms with Crippen molar-refractivity contribution in [3.05, 3.63) is 35.4 Å². The highest BCUT2D eigenvalue weighted by atomic mass is 35.5. The molecule has 0 radical (unpaired) electrons. The Kier molecular flexibility index (Phi) is 4.62. The Morgan fingerprint density at radius 2 is 1.85 bits per heavy atom. The number of carbonyl (C=O) groups excluding carboxylic acids is 1. The van der Waals surface area contributed by atoms with Gasteiger partial charge >= 0.3 is 0 Å². The summed E-state index contributed by atoms with van der Waals surface area (Å²) in [5, 5.41) is 2.88. The van der Waals surface area contributed by atoms with Gasteiger partial charge < -0.3 is 10.1 Å². The molecule has 1 atom stereocenters. The summed E-state index contributed by atoms with van der Waals surface area (Å²) in [5.74, 6) is -0.0964. The number of nitrogens with one attached hydrogen (secondary N) is 1. The maximum absolute atomic E-state index is 12.0. The Bertz CT molecular complexity index is 487. The monoisotopic (exact) mass is 315 g/mol. The molecule has 0 bridgehead atoms. The van der Waals surface area contributed by atoms with Crippen LogP contribution in [0.4, 0.5) is 0 Å². The molecule has 1 saturated carbocycles. The third kappa shape index (κ3) is 3.27. The molecule has 1 aromatic rings. The normalized spacial score (nSPS) is 23.4. The Labute approximate surface area is 129 Å². The summed E-state index contributed by atoms with van der Waals surface area (Å²) in [6.45, 7) is 5.55. The predicted octanol–water partition coefficient (Wildman–Crippen LogP) is 3.42. The standard InChI is InChI=1S/C15H19Cl2NO2/c1-3-20-9-12-6-4-11(5-7-12)8-18-13(19)14(2)10-15(14,16)17/h4-7H,3,8-10H2,1-2H3,(H,18,19). The summed E-state index contributed by atoms with van der Waals surface area (Å²) in [6.07, 6.45) is 0.502. The van der Waals surface area contributed by atoms with E-state index in [9.17, 15) is 4.79 Å². The van der Waals surface area contributed by atoms with Gasteiger partial charge in [-0.2, -0.15) is 0 Å². The van der Waals surface area contributed by atoms with Crippen LogP contribution in [0.1, 0.15) is 31.4 Å². The molecular weight excluding hydrogens is 297 g/mol. The zero-order chi connectivity index (χ0) is 14.8. The molecule has 3 nitrogen and oxygen atoms in total. The van der Waals surface area contributed by atoms with Crippen LogP contribution in [-0.4, -0.2) is 16.8 Å². The van der Waals surface area contributed by atoms with Crippen LogP contribution < -0.4 is 5.32 Å². The molecule has 1 unspecified atom stereocenters. The van der Waals surface area contributed by atoms with E-state index in [0.717, 1.165) is 11.1 Å². The van der Waals surface area contributed by atoms with Gasteiger partial charge in [-0.05, 0) is 31.4 Å². The number of carbonyl (C=O) groups is 1. The molecular formula is C15H19Cl2NO2. The Balaban J connectivity index is 1.84. The van der Waals surface area contributed by atoms with Crippen molar-refractivity contribution in [2.75, 3.05) is 6.61 Å². The Hall–Kier alpha value is -0.770. The van der Waals surface area contributed by atoms with Gasteiger partial charge in [0.25, 0.3) is 0 Å². The summed E-state index contributed by atoms with van der Waals surface area (Å²) in [6, 6.07) is 7.98. The van der Waals surface area contributed by atoms with E-state index in [4.69, 9.17) is 27.9 Å². The molecule has 0 aliphatic heterocycles. The average molecular weight is 316 g/mol. The molecule has 1 aliphatic carbocycles. The number of alkyl halides is 2. The number of amides is 1. The van der Waals surface area contributed by atoms with E-state index in [1.54, 1.807) is 6.92 Å². The molecule has 20 heavy (non-hydrogen) atoms. The second kappa shape index (κ2) is 5.92. The van der Waals surface area contributed by atoms with Crippen molar-refractivity contribution in [1.82, 2.24) is 5.32 Å². The Morgan fingerprint density at radius 1 is 1.30 bits per heavy atom. The van der Waals surface area contributed by atoms with Crippen LogP contribution in [-0.2, 0) is 22.7 Å². The third-order valence-electron chi connectivity index (χ3n) is 3.71. The topological polar surface area (TPSA) is 38.3 Å². The summed E-state index contributed by atoms with van der Waals surface area (Å²) in [7, 11) is 0. The molecule has 1 aliphatic rings. The van der Waals surface area contributed by atoms with E-state index >= 15 is 0 Å². The van der Waals surface area contributed by atoms with Crippen molar-refractivity contribution in [3.63, 3.8) is 0 Å². The van der Waals surface area contributed by atoms with E-state index in [0.29, 0.717) is 26.2 Å². The van der Waals surface area contributed by atoms with Crippen LogP contribution in [0.5, 0.6) is 0 Å². The number of hydrogen-bond acceptors (Lipinski definition) is 2. The molecule has 2 rings (SSSR count). The van der Waals surface area contributed by atoms with Crippen LogP contribution >= 0.6 is 23.2 Å².